The van der Waals surface area contributed by atoms with Gasteiger partial charge in [-0.2, -0.15) is 0 Å². The molecule has 0 aliphatic carbocycles. The molecule has 92 valence electrons. The van der Waals surface area contributed by atoms with Crippen LogP contribution in [0.1, 0.15) is 6.42 Å². The topological polar surface area (TPSA) is 41.1 Å². The molecule has 2 bridgehead atoms. The number of benzene rings is 1. The third-order valence-electron chi connectivity index (χ3n) is 3.95. The number of halogens is 1. The van der Waals surface area contributed by atoms with E-state index >= 15 is 0 Å². The minimum atomic E-state index is 0.483. The summed E-state index contributed by atoms with van der Waals surface area (Å²) in [6.45, 7) is 2.06. The van der Waals surface area contributed by atoms with Crippen molar-refractivity contribution in [3.63, 3.8) is 0 Å². The highest BCUT2D eigenvalue weighted by Gasteiger charge is 2.38. The number of nitrogens with zero attached hydrogens (tertiary/aromatic N) is 3. The van der Waals surface area contributed by atoms with Crippen molar-refractivity contribution in [1.29, 1.82) is 0 Å². The minimum absolute atomic E-state index is 0.483. The van der Waals surface area contributed by atoms with Crippen LogP contribution in [-0.2, 0) is 0 Å². The van der Waals surface area contributed by atoms with Gasteiger partial charge in [0.05, 0.1) is 0 Å². The van der Waals surface area contributed by atoms with Crippen LogP contribution in [0.5, 0.6) is 0 Å². The van der Waals surface area contributed by atoms with E-state index in [0.717, 1.165) is 29.7 Å². The van der Waals surface area contributed by atoms with Crippen LogP contribution in [0.2, 0.25) is 5.15 Å². The summed E-state index contributed by atoms with van der Waals surface area (Å²) in [5.41, 5.74) is 0. The largest absolute Gasteiger partial charge is 0.349 e. The van der Waals surface area contributed by atoms with E-state index < -0.39 is 0 Å². The molecule has 0 radical (unpaired) electrons. The van der Waals surface area contributed by atoms with Crippen LogP contribution in [0.3, 0.4) is 0 Å². The molecule has 2 aliphatic rings. The number of aromatic nitrogens is 2. The number of anilines is 1. The third kappa shape index (κ3) is 1.42. The molecule has 2 aromatic rings. The molecule has 0 unspecified atom stereocenters. The smallest absolute Gasteiger partial charge is 0.159 e. The maximum Gasteiger partial charge on any atom is 0.159 e. The van der Waals surface area contributed by atoms with Crippen LogP contribution in [0.15, 0.2) is 24.3 Å². The fraction of sp³-hybridized carbons (Fsp3) is 0.385. The number of hydrogen-bond acceptors (Lipinski definition) is 4. The molecule has 1 aromatic carbocycles. The molecule has 3 heterocycles. The Labute approximate surface area is 110 Å². The summed E-state index contributed by atoms with van der Waals surface area (Å²) in [5, 5.41) is 14.5. The number of rotatable bonds is 1. The Morgan fingerprint density at radius 3 is 2.78 bits per heavy atom. The van der Waals surface area contributed by atoms with Gasteiger partial charge in [0.1, 0.15) is 0 Å². The van der Waals surface area contributed by atoms with E-state index in [1.165, 1.54) is 6.42 Å². The van der Waals surface area contributed by atoms with Gasteiger partial charge < -0.3 is 10.2 Å². The molecule has 5 heteroatoms. The van der Waals surface area contributed by atoms with Crippen LogP contribution in [-0.4, -0.2) is 35.4 Å². The lowest BCUT2D eigenvalue weighted by Crippen LogP contribution is -2.44. The van der Waals surface area contributed by atoms with Crippen molar-refractivity contribution in [2.24, 2.45) is 0 Å². The molecule has 2 fully saturated rings. The van der Waals surface area contributed by atoms with Gasteiger partial charge in [0.2, 0.25) is 0 Å². The number of nitrogens with one attached hydrogen (secondary N) is 1. The first kappa shape index (κ1) is 10.5. The van der Waals surface area contributed by atoms with Crippen LogP contribution in [0.4, 0.5) is 5.82 Å². The Morgan fingerprint density at radius 2 is 2.06 bits per heavy atom. The van der Waals surface area contributed by atoms with Crippen molar-refractivity contribution >= 4 is 28.2 Å². The van der Waals surface area contributed by atoms with Crippen molar-refractivity contribution in [2.45, 2.75) is 18.5 Å². The lowest BCUT2D eigenvalue weighted by molar-refractivity contribution is 0.576. The first-order chi connectivity index (χ1) is 8.83. The Balaban J connectivity index is 1.88. The highest BCUT2D eigenvalue weighted by Crippen LogP contribution is 2.34. The quantitative estimate of drug-likeness (QED) is 0.850. The first-order valence-corrected chi connectivity index (χ1v) is 6.61. The van der Waals surface area contributed by atoms with Crippen molar-refractivity contribution in [3.05, 3.63) is 29.4 Å². The molecule has 2 saturated heterocycles. The normalized spacial score (nSPS) is 26.2. The Morgan fingerprint density at radius 1 is 1.22 bits per heavy atom. The zero-order valence-electron chi connectivity index (χ0n) is 9.81. The van der Waals surface area contributed by atoms with E-state index in [2.05, 4.69) is 26.5 Å². The maximum atomic E-state index is 6.11. The Bertz CT molecular complexity index is 615. The SMILES string of the molecule is Clc1nnc(N2C[C@H]3C[C@H]2CN3)c2ccccc12. The molecule has 4 nitrogen and oxygen atoms in total. The van der Waals surface area contributed by atoms with Gasteiger partial charge in [-0.25, -0.2) is 0 Å². The molecule has 0 amide bonds. The minimum Gasteiger partial charge on any atom is -0.349 e. The second kappa shape index (κ2) is 3.80. The molecule has 0 saturated carbocycles. The molecule has 1 aromatic heterocycles. The van der Waals surface area contributed by atoms with E-state index in [1.807, 2.05) is 18.2 Å². The Hall–Kier alpha value is -1.39. The predicted molar refractivity (Wildman–Crippen MR) is 72.1 cm³/mol. The molecule has 2 atom stereocenters. The summed E-state index contributed by atoms with van der Waals surface area (Å²) in [6.07, 6.45) is 1.21. The molecule has 2 aliphatic heterocycles. The average molecular weight is 261 g/mol. The lowest BCUT2D eigenvalue weighted by atomic mass is 10.1. The fourth-order valence-corrected chi connectivity index (χ4v) is 3.29. The summed E-state index contributed by atoms with van der Waals surface area (Å²) in [6, 6.07) is 9.24. The van der Waals surface area contributed by atoms with Gasteiger partial charge in [-0.1, -0.05) is 35.9 Å². The number of fused-ring (bicyclic) bond motifs is 3. The fourth-order valence-electron chi connectivity index (χ4n) is 3.09. The standard InChI is InChI=1S/C13H13ClN4/c14-12-10-3-1-2-4-11(10)13(17-16-12)18-7-8-5-9(18)6-15-8/h1-4,8-9,15H,5-7H2/t8-,9+/m1/s1. The number of hydrogen-bond donors (Lipinski definition) is 1. The summed E-state index contributed by atoms with van der Waals surface area (Å²) >= 11 is 6.11. The van der Waals surface area contributed by atoms with Gasteiger partial charge in [-0.3, -0.25) is 0 Å². The average Bonchev–Trinajstić information content (AvgIpc) is 3.02. The molecular weight excluding hydrogens is 248 g/mol. The highest BCUT2D eigenvalue weighted by molar-refractivity contribution is 6.34. The van der Waals surface area contributed by atoms with Gasteiger partial charge in [0, 0.05) is 35.9 Å². The first-order valence-electron chi connectivity index (χ1n) is 6.24. The van der Waals surface area contributed by atoms with Gasteiger partial charge in [0.25, 0.3) is 0 Å². The monoisotopic (exact) mass is 260 g/mol. The second-order valence-corrected chi connectivity index (χ2v) is 5.37. The van der Waals surface area contributed by atoms with Gasteiger partial charge in [0.15, 0.2) is 11.0 Å². The van der Waals surface area contributed by atoms with E-state index in [4.69, 9.17) is 11.6 Å². The number of piperazine rings is 1. The van der Waals surface area contributed by atoms with Crippen molar-refractivity contribution in [2.75, 3.05) is 18.0 Å². The lowest BCUT2D eigenvalue weighted by Gasteiger charge is -2.28. The molecule has 1 N–H and O–H groups in total. The summed E-state index contributed by atoms with van der Waals surface area (Å²) in [4.78, 5) is 2.37. The Kier molecular flexibility index (Phi) is 2.22. The van der Waals surface area contributed by atoms with Gasteiger partial charge in [-0.05, 0) is 6.42 Å². The van der Waals surface area contributed by atoms with Crippen molar-refractivity contribution < 1.29 is 0 Å². The highest BCUT2D eigenvalue weighted by atomic mass is 35.5. The third-order valence-corrected chi connectivity index (χ3v) is 4.23. The predicted octanol–water partition coefficient (Wildman–Crippen LogP) is 1.83. The summed E-state index contributed by atoms with van der Waals surface area (Å²) in [5.74, 6) is 0.976. The van der Waals surface area contributed by atoms with Crippen LogP contribution in [0.25, 0.3) is 10.8 Å². The molecule has 18 heavy (non-hydrogen) atoms. The van der Waals surface area contributed by atoms with Crippen LogP contribution in [0, 0.1) is 0 Å². The van der Waals surface area contributed by atoms with E-state index in [0.29, 0.717) is 17.2 Å². The zero-order valence-corrected chi connectivity index (χ0v) is 10.6. The van der Waals surface area contributed by atoms with Crippen LogP contribution >= 0.6 is 11.6 Å². The zero-order chi connectivity index (χ0) is 12.1. The van der Waals surface area contributed by atoms with E-state index in [-0.39, 0.29) is 0 Å². The van der Waals surface area contributed by atoms with E-state index in [1.54, 1.807) is 0 Å². The molecule has 0 spiro atoms. The molecule has 4 rings (SSSR count). The van der Waals surface area contributed by atoms with Gasteiger partial charge >= 0.3 is 0 Å². The summed E-state index contributed by atoms with van der Waals surface area (Å²) < 4.78 is 0. The molecular formula is C13H13ClN4. The maximum absolute atomic E-state index is 6.11. The van der Waals surface area contributed by atoms with Crippen LogP contribution < -0.4 is 10.2 Å². The summed E-state index contributed by atoms with van der Waals surface area (Å²) in [7, 11) is 0. The van der Waals surface area contributed by atoms with Crippen molar-refractivity contribution in [3.8, 4) is 0 Å². The van der Waals surface area contributed by atoms with Crippen molar-refractivity contribution in [1.82, 2.24) is 15.5 Å². The van der Waals surface area contributed by atoms with E-state index in [9.17, 15) is 0 Å². The second-order valence-electron chi connectivity index (χ2n) is 5.01. The van der Waals surface area contributed by atoms with Gasteiger partial charge in [-0.15, -0.1) is 10.2 Å².